The molecule has 1 N–H and O–H groups in total. The predicted octanol–water partition coefficient (Wildman–Crippen LogP) is 2.61. The van der Waals surface area contributed by atoms with Gasteiger partial charge in [-0.25, -0.2) is 0 Å². The monoisotopic (exact) mass is 437 g/mol. The number of fused-ring (bicyclic) bond motifs is 1. The molecule has 0 bridgehead atoms. The van der Waals surface area contributed by atoms with Crippen LogP contribution >= 0.6 is 0 Å². The number of rotatable bonds is 4. The molecule has 32 heavy (non-hydrogen) atoms. The van der Waals surface area contributed by atoms with Crippen LogP contribution < -0.4 is 15.0 Å². The van der Waals surface area contributed by atoms with Gasteiger partial charge in [-0.15, -0.1) is 0 Å². The van der Waals surface area contributed by atoms with Gasteiger partial charge in [0.2, 0.25) is 5.91 Å². The molecule has 2 heterocycles. The van der Waals surface area contributed by atoms with E-state index < -0.39 is 5.60 Å². The zero-order valence-electron chi connectivity index (χ0n) is 18.5. The van der Waals surface area contributed by atoms with Crippen LogP contribution in [-0.4, -0.2) is 61.1 Å². The predicted molar refractivity (Wildman–Crippen MR) is 120 cm³/mol. The first kappa shape index (κ1) is 21.8. The van der Waals surface area contributed by atoms with E-state index in [9.17, 15) is 14.4 Å². The Kier molecular flexibility index (Phi) is 5.88. The molecule has 8 heteroatoms. The summed E-state index contributed by atoms with van der Waals surface area (Å²) in [4.78, 5) is 41.9. The van der Waals surface area contributed by atoms with E-state index >= 15 is 0 Å². The highest BCUT2D eigenvalue weighted by atomic mass is 16.5. The molecule has 0 aliphatic carbocycles. The number of nitrogens with zero attached hydrogens (tertiary/aromatic N) is 2. The molecule has 0 spiro atoms. The van der Waals surface area contributed by atoms with Gasteiger partial charge in [0.25, 0.3) is 11.8 Å². The maximum Gasteiger partial charge on any atom is 0.271 e. The van der Waals surface area contributed by atoms with Crippen molar-refractivity contribution in [3.8, 4) is 5.75 Å². The molecule has 0 radical (unpaired) electrons. The van der Waals surface area contributed by atoms with Crippen LogP contribution in [0.1, 0.15) is 29.8 Å². The highest BCUT2D eigenvalue weighted by molar-refractivity contribution is 6.09. The average Bonchev–Trinajstić information content (AvgIpc) is 2.78. The largest absolute Gasteiger partial charge is 0.476 e. The van der Waals surface area contributed by atoms with Crippen molar-refractivity contribution >= 4 is 29.1 Å². The fraction of sp³-hybridized carbons (Fsp3) is 0.375. The molecule has 3 amide bonds. The van der Waals surface area contributed by atoms with Crippen LogP contribution in [0.2, 0.25) is 0 Å². The van der Waals surface area contributed by atoms with E-state index in [0.29, 0.717) is 49.0 Å². The molecule has 2 aromatic rings. The van der Waals surface area contributed by atoms with Gasteiger partial charge in [0, 0.05) is 24.3 Å². The Morgan fingerprint density at radius 1 is 1.06 bits per heavy atom. The van der Waals surface area contributed by atoms with Crippen LogP contribution in [0.5, 0.6) is 5.75 Å². The third-order valence-corrected chi connectivity index (χ3v) is 5.60. The number of amides is 3. The summed E-state index contributed by atoms with van der Waals surface area (Å²) in [6, 6.07) is 12.4. The smallest absolute Gasteiger partial charge is 0.271 e. The van der Waals surface area contributed by atoms with Crippen LogP contribution in [0.3, 0.4) is 0 Å². The third-order valence-electron chi connectivity index (χ3n) is 5.60. The number of hydrogen-bond acceptors (Lipinski definition) is 5. The van der Waals surface area contributed by atoms with Crippen molar-refractivity contribution < 1.29 is 23.9 Å². The number of benzene rings is 2. The summed E-state index contributed by atoms with van der Waals surface area (Å²) in [6.45, 7) is 7.13. The van der Waals surface area contributed by atoms with Crippen LogP contribution in [0, 0.1) is 6.92 Å². The number of morpholine rings is 1. The minimum Gasteiger partial charge on any atom is -0.476 e. The van der Waals surface area contributed by atoms with Crippen LogP contribution in [0.4, 0.5) is 11.4 Å². The summed E-state index contributed by atoms with van der Waals surface area (Å²) in [5, 5.41) is 2.85. The van der Waals surface area contributed by atoms with Crippen LogP contribution in [0.15, 0.2) is 42.5 Å². The van der Waals surface area contributed by atoms with Crippen molar-refractivity contribution in [2.45, 2.75) is 26.4 Å². The van der Waals surface area contributed by atoms with Crippen molar-refractivity contribution in [1.29, 1.82) is 0 Å². The Hall–Kier alpha value is -3.39. The Labute approximate surface area is 187 Å². The van der Waals surface area contributed by atoms with Crippen molar-refractivity contribution in [1.82, 2.24) is 4.90 Å². The second-order valence-electron chi connectivity index (χ2n) is 8.50. The minimum atomic E-state index is -1.12. The van der Waals surface area contributed by atoms with E-state index in [1.54, 1.807) is 36.9 Å². The van der Waals surface area contributed by atoms with Gasteiger partial charge < -0.3 is 19.7 Å². The molecule has 1 fully saturated rings. The van der Waals surface area contributed by atoms with Gasteiger partial charge in [0.1, 0.15) is 12.3 Å². The van der Waals surface area contributed by atoms with Crippen LogP contribution in [0.25, 0.3) is 0 Å². The summed E-state index contributed by atoms with van der Waals surface area (Å²) in [7, 11) is 0. The number of carbonyl (C=O) groups is 3. The summed E-state index contributed by atoms with van der Waals surface area (Å²) in [5.41, 5.74) is 1.42. The lowest BCUT2D eigenvalue weighted by molar-refractivity contribution is -0.138. The molecule has 0 unspecified atom stereocenters. The van der Waals surface area contributed by atoms with E-state index in [-0.39, 0.29) is 24.3 Å². The second-order valence-corrected chi connectivity index (χ2v) is 8.50. The van der Waals surface area contributed by atoms with E-state index in [4.69, 9.17) is 9.47 Å². The Bertz CT molecular complexity index is 1040. The molecule has 0 aromatic heterocycles. The first-order valence-electron chi connectivity index (χ1n) is 10.6. The normalized spacial score (nSPS) is 17.4. The number of carbonyl (C=O) groups excluding carboxylic acids is 3. The summed E-state index contributed by atoms with van der Waals surface area (Å²) in [6.07, 6.45) is 0. The molecule has 2 aliphatic heterocycles. The maximum absolute atomic E-state index is 13.1. The van der Waals surface area contributed by atoms with E-state index in [2.05, 4.69) is 5.32 Å². The lowest BCUT2D eigenvalue weighted by Gasteiger charge is -2.39. The molecule has 0 saturated carbocycles. The molecular formula is C24H27N3O5. The van der Waals surface area contributed by atoms with Gasteiger partial charge in [-0.3, -0.25) is 19.3 Å². The number of hydrogen-bond donors (Lipinski definition) is 1. The fourth-order valence-corrected chi connectivity index (χ4v) is 3.75. The summed E-state index contributed by atoms with van der Waals surface area (Å²) >= 11 is 0. The van der Waals surface area contributed by atoms with E-state index in [0.717, 1.165) is 5.56 Å². The zero-order chi connectivity index (χ0) is 22.9. The number of nitrogens with one attached hydrogen (secondary N) is 1. The van der Waals surface area contributed by atoms with Crippen molar-refractivity contribution in [3.05, 3.63) is 53.6 Å². The molecular weight excluding hydrogens is 410 g/mol. The summed E-state index contributed by atoms with van der Waals surface area (Å²) < 4.78 is 11.2. The topological polar surface area (TPSA) is 88.2 Å². The standard InChI is InChI=1S/C24H27N3O5/c1-16-4-7-18(8-5-16)25-22(29)17-6-9-20-19(14-17)27(23(30)24(2,3)32-20)15-21(28)26-10-12-31-13-11-26/h4-9,14H,10-13,15H2,1-3H3,(H,25,29). The molecule has 0 atom stereocenters. The van der Waals surface area contributed by atoms with Crippen molar-refractivity contribution in [2.24, 2.45) is 0 Å². The van der Waals surface area contributed by atoms with Gasteiger partial charge in [-0.05, 0) is 51.1 Å². The van der Waals surface area contributed by atoms with Gasteiger partial charge in [0.15, 0.2) is 5.60 Å². The lowest BCUT2D eigenvalue weighted by Crippen LogP contribution is -2.56. The molecule has 1 saturated heterocycles. The highest BCUT2D eigenvalue weighted by Gasteiger charge is 2.42. The van der Waals surface area contributed by atoms with E-state index in [1.165, 1.54) is 4.90 Å². The fourth-order valence-electron chi connectivity index (χ4n) is 3.75. The van der Waals surface area contributed by atoms with Gasteiger partial charge in [0.05, 0.1) is 18.9 Å². The second kappa shape index (κ2) is 8.63. The van der Waals surface area contributed by atoms with E-state index in [1.807, 2.05) is 31.2 Å². The Morgan fingerprint density at radius 3 is 2.44 bits per heavy atom. The highest BCUT2D eigenvalue weighted by Crippen LogP contribution is 2.38. The molecule has 2 aromatic carbocycles. The third kappa shape index (κ3) is 4.45. The SMILES string of the molecule is Cc1ccc(NC(=O)c2ccc3c(c2)N(CC(=O)N2CCOCC2)C(=O)C(C)(C)O3)cc1. The van der Waals surface area contributed by atoms with Crippen molar-refractivity contribution in [3.63, 3.8) is 0 Å². The zero-order valence-corrected chi connectivity index (χ0v) is 18.5. The number of anilines is 2. The maximum atomic E-state index is 13.1. The Morgan fingerprint density at radius 2 is 1.75 bits per heavy atom. The van der Waals surface area contributed by atoms with Crippen molar-refractivity contribution in [2.75, 3.05) is 43.1 Å². The Balaban J connectivity index is 1.60. The first-order valence-corrected chi connectivity index (χ1v) is 10.6. The average molecular weight is 437 g/mol. The van der Waals surface area contributed by atoms with Gasteiger partial charge >= 0.3 is 0 Å². The first-order chi connectivity index (χ1) is 15.2. The quantitative estimate of drug-likeness (QED) is 0.795. The molecule has 4 rings (SSSR count). The lowest BCUT2D eigenvalue weighted by atomic mass is 10.0. The molecule has 168 valence electrons. The number of ether oxygens (including phenoxy) is 2. The molecule has 2 aliphatic rings. The summed E-state index contributed by atoms with van der Waals surface area (Å²) in [5.74, 6) is -0.354. The van der Waals surface area contributed by atoms with Crippen LogP contribution in [-0.2, 0) is 14.3 Å². The number of aryl methyl sites for hydroxylation is 1. The minimum absolute atomic E-state index is 0.123. The molecule has 8 nitrogen and oxygen atoms in total. The van der Waals surface area contributed by atoms with Gasteiger partial charge in [-0.2, -0.15) is 0 Å². The van der Waals surface area contributed by atoms with Gasteiger partial charge in [-0.1, -0.05) is 17.7 Å².